The van der Waals surface area contributed by atoms with Gasteiger partial charge in [0.1, 0.15) is 0 Å². The van der Waals surface area contributed by atoms with Crippen molar-refractivity contribution in [2.75, 3.05) is 0 Å². The van der Waals surface area contributed by atoms with Crippen molar-refractivity contribution in [3.05, 3.63) is 0 Å². The van der Waals surface area contributed by atoms with Gasteiger partial charge in [0.2, 0.25) is 0 Å². The van der Waals surface area contributed by atoms with Gasteiger partial charge < -0.3 is 0 Å². The van der Waals surface area contributed by atoms with Gasteiger partial charge >= 0.3 is 12.4 Å². The predicted molar refractivity (Wildman–Crippen MR) is 49.1 cm³/mol. The molecule has 2 rings (SSSR count). The molecule has 2 aliphatic carbocycles. The summed E-state index contributed by atoms with van der Waals surface area (Å²) in [4.78, 5) is 0. The summed E-state index contributed by atoms with van der Waals surface area (Å²) in [6.45, 7) is 3.99. The smallest absolute Gasteiger partial charge is 0.170 e. The zero-order valence-corrected chi connectivity index (χ0v) is 9.71. The first-order valence-corrected chi connectivity index (χ1v) is 5.63. The number of hydrogen-bond acceptors (Lipinski definition) is 0. The van der Waals surface area contributed by atoms with E-state index in [1.54, 1.807) is 0 Å². The van der Waals surface area contributed by atoms with Crippen molar-refractivity contribution >= 4 is 0 Å². The van der Waals surface area contributed by atoms with Gasteiger partial charge in [0, 0.05) is 0 Å². The van der Waals surface area contributed by atoms with Crippen molar-refractivity contribution in [1.82, 2.24) is 0 Å². The Kier molecular flexibility index (Phi) is 2.25. The van der Waals surface area contributed by atoms with Gasteiger partial charge in [0.25, 0.3) is 0 Å². The van der Waals surface area contributed by atoms with E-state index in [1.807, 2.05) is 0 Å². The monoisotopic (exact) mass is 260 g/mol. The molecule has 0 aromatic heterocycles. The molecule has 0 amide bonds. The van der Waals surface area contributed by atoms with E-state index >= 15 is 0 Å². The van der Waals surface area contributed by atoms with Crippen molar-refractivity contribution in [2.45, 2.75) is 39.5 Å². The van der Waals surface area contributed by atoms with Gasteiger partial charge in [-0.3, -0.25) is 0 Å². The molecule has 6 heteroatoms. The topological polar surface area (TPSA) is 0 Å². The van der Waals surface area contributed by atoms with E-state index < -0.39 is 47.4 Å². The molecule has 17 heavy (non-hydrogen) atoms. The number of fused-ring (bicyclic) bond motifs is 1. The maximum Gasteiger partial charge on any atom is 0.395 e. The quantitative estimate of drug-likeness (QED) is 0.612. The number of alkyl halides is 6. The molecule has 0 nitrogen and oxygen atoms in total. The van der Waals surface area contributed by atoms with E-state index in [1.165, 1.54) is 20.8 Å². The molecule has 0 spiro atoms. The largest absolute Gasteiger partial charge is 0.395 e. The minimum absolute atomic E-state index is 0.491. The van der Waals surface area contributed by atoms with E-state index in [0.29, 0.717) is 0 Å². The van der Waals surface area contributed by atoms with Crippen molar-refractivity contribution in [3.8, 4) is 0 Å². The van der Waals surface area contributed by atoms with E-state index in [4.69, 9.17) is 0 Å². The van der Waals surface area contributed by atoms with Crippen molar-refractivity contribution < 1.29 is 26.3 Å². The molecule has 0 aromatic rings. The van der Waals surface area contributed by atoms with Crippen LogP contribution in [0.3, 0.4) is 0 Å². The van der Waals surface area contributed by atoms with Gasteiger partial charge in [-0.2, -0.15) is 26.3 Å². The van der Waals surface area contributed by atoms with Crippen LogP contribution in [0.15, 0.2) is 0 Å². The van der Waals surface area contributed by atoms with Crippen LogP contribution >= 0.6 is 0 Å². The van der Waals surface area contributed by atoms with Crippen LogP contribution in [0, 0.1) is 28.6 Å². The molecule has 0 bridgehead atoms. The molecule has 2 aliphatic rings. The zero-order valence-electron chi connectivity index (χ0n) is 9.71. The first kappa shape index (κ1) is 13.0. The lowest BCUT2D eigenvalue weighted by Gasteiger charge is -2.41. The zero-order chi connectivity index (χ0) is 13.4. The molecule has 2 unspecified atom stereocenters. The predicted octanol–water partition coefficient (Wildman–Crippen LogP) is 4.41. The lowest BCUT2D eigenvalue weighted by atomic mass is 9.65. The van der Waals surface area contributed by atoms with Crippen LogP contribution in [0.4, 0.5) is 26.3 Å². The molecule has 0 aromatic carbocycles. The molecule has 2 fully saturated rings. The van der Waals surface area contributed by atoms with Crippen molar-refractivity contribution in [1.29, 1.82) is 0 Å². The van der Waals surface area contributed by atoms with Crippen LogP contribution in [0.25, 0.3) is 0 Å². The van der Waals surface area contributed by atoms with E-state index in [-0.39, 0.29) is 0 Å². The van der Waals surface area contributed by atoms with Gasteiger partial charge in [-0.1, -0.05) is 20.8 Å². The normalized spacial score (nSPS) is 49.6. The average Bonchev–Trinajstić information content (AvgIpc) is 2.77. The van der Waals surface area contributed by atoms with Gasteiger partial charge in [0.05, 0.1) is 10.8 Å². The minimum atomic E-state index is -4.78. The third kappa shape index (κ3) is 1.00. The van der Waals surface area contributed by atoms with E-state index in [9.17, 15) is 26.3 Å². The summed E-state index contributed by atoms with van der Waals surface area (Å²) in [7, 11) is 0. The minimum Gasteiger partial charge on any atom is -0.170 e. The fraction of sp³-hybridized carbons (Fsp3) is 1.00. The third-order valence-electron chi connectivity index (χ3n) is 5.24. The van der Waals surface area contributed by atoms with Crippen molar-refractivity contribution in [3.63, 3.8) is 0 Å². The van der Waals surface area contributed by atoms with Crippen LogP contribution in [-0.2, 0) is 0 Å². The Morgan fingerprint density at radius 3 is 1.59 bits per heavy atom. The van der Waals surface area contributed by atoms with Crippen LogP contribution < -0.4 is 0 Å². The second-order valence-corrected chi connectivity index (χ2v) is 5.31. The summed E-state index contributed by atoms with van der Waals surface area (Å²) in [5, 5.41) is 0. The fourth-order valence-corrected chi connectivity index (χ4v) is 4.54. The molecule has 0 heterocycles. The van der Waals surface area contributed by atoms with Gasteiger partial charge in [-0.05, 0) is 24.2 Å². The average molecular weight is 260 g/mol. The Morgan fingerprint density at radius 1 is 0.941 bits per heavy atom. The molecule has 0 radical (unpaired) electrons. The molecule has 5 atom stereocenters. The Bertz CT molecular complexity index is 323. The van der Waals surface area contributed by atoms with Crippen LogP contribution in [0.2, 0.25) is 0 Å². The number of rotatable bonds is 1. The molecule has 0 N–H and O–H groups in total. The van der Waals surface area contributed by atoms with E-state index in [0.717, 1.165) is 0 Å². The maximum absolute atomic E-state index is 13.1. The fourth-order valence-electron chi connectivity index (χ4n) is 4.54. The first-order valence-electron chi connectivity index (χ1n) is 5.63. The molecule has 100 valence electrons. The summed E-state index contributed by atoms with van der Waals surface area (Å²) in [6, 6.07) is 0. The highest BCUT2D eigenvalue weighted by Gasteiger charge is 3.00. The SMILES string of the molecule is CCC1(C(F)(F)F)[C@@H]2[C@H](C)[C@@H](C)C21C(F)(F)F. The highest BCUT2D eigenvalue weighted by molar-refractivity contribution is 5.36. The summed E-state index contributed by atoms with van der Waals surface area (Å²) in [6.07, 6.45) is -10.0. The molecule has 2 saturated carbocycles. The second-order valence-electron chi connectivity index (χ2n) is 5.31. The highest BCUT2D eigenvalue weighted by atomic mass is 19.4. The van der Waals surface area contributed by atoms with Gasteiger partial charge in [-0.15, -0.1) is 0 Å². The number of hydrogen-bond donors (Lipinski definition) is 0. The Labute approximate surface area is 95.4 Å². The molecule has 0 aliphatic heterocycles. The molecular weight excluding hydrogens is 246 g/mol. The highest BCUT2D eigenvalue weighted by Crippen LogP contribution is 2.93. The van der Waals surface area contributed by atoms with Gasteiger partial charge in [0.15, 0.2) is 0 Å². The maximum atomic E-state index is 13.1. The summed E-state index contributed by atoms with van der Waals surface area (Å²) in [5.41, 5.74) is -5.07. The Morgan fingerprint density at radius 2 is 1.41 bits per heavy atom. The lowest BCUT2D eigenvalue weighted by Crippen LogP contribution is -2.47. The summed E-state index contributed by atoms with van der Waals surface area (Å²) < 4.78 is 78.4. The van der Waals surface area contributed by atoms with Gasteiger partial charge in [-0.25, -0.2) is 0 Å². The van der Waals surface area contributed by atoms with E-state index in [2.05, 4.69) is 0 Å². The Hall–Kier alpha value is -0.420. The van der Waals surface area contributed by atoms with Crippen LogP contribution in [0.5, 0.6) is 0 Å². The summed E-state index contributed by atoms with van der Waals surface area (Å²) >= 11 is 0. The third-order valence-corrected chi connectivity index (χ3v) is 5.24. The molecule has 0 saturated heterocycles. The van der Waals surface area contributed by atoms with Crippen LogP contribution in [-0.4, -0.2) is 12.4 Å². The molecular formula is C11H14F6. The first-order chi connectivity index (χ1) is 7.50. The second kappa shape index (κ2) is 2.94. The lowest BCUT2D eigenvalue weighted by molar-refractivity contribution is -0.273. The van der Waals surface area contributed by atoms with Crippen molar-refractivity contribution in [2.24, 2.45) is 28.6 Å². The standard InChI is InChI=1S/C11H14F6/c1-4-8(10(12,13)14)7-5(2)6(3)9(7,8)11(15,16)17/h5-7H,4H2,1-3H3/t5-,6-,7+,8?,9?/m1/s1. The Balaban J connectivity index is 2.53. The number of halogens is 6. The summed E-state index contributed by atoms with van der Waals surface area (Å²) in [5.74, 6) is -2.75. The van der Waals surface area contributed by atoms with Crippen LogP contribution in [0.1, 0.15) is 27.2 Å².